The van der Waals surface area contributed by atoms with Crippen molar-refractivity contribution in [2.45, 2.75) is 12.6 Å². The number of alkyl halides is 3. The zero-order valence-electron chi connectivity index (χ0n) is 9.72. The van der Waals surface area contributed by atoms with Crippen molar-refractivity contribution in [3.63, 3.8) is 0 Å². The van der Waals surface area contributed by atoms with Crippen LogP contribution < -0.4 is 10.1 Å². The maximum atomic E-state index is 13.3. The molecule has 0 unspecified atom stereocenters. The third kappa shape index (κ3) is 5.05. The number of anilines is 1. The van der Waals surface area contributed by atoms with Crippen LogP contribution in [0.15, 0.2) is 16.6 Å². The highest BCUT2D eigenvalue weighted by atomic mass is 79.9. The summed E-state index contributed by atoms with van der Waals surface area (Å²) in [6, 6.07) is 3.31. The molecule has 4 nitrogen and oxygen atoms in total. The van der Waals surface area contributed by atoms with Gasteiger partial charge in [0.15, 0.2) is 6.61 Å². The summed E-state index contributed by atoms with van der Waals surface area (Å²) in [5.41, 5.74) is -0.282. The van der Waals surface area contributed by atoms with Crippen LogP contribution in [0.25, 0.3) is 0 Å². The minimum Gasteiger partial charge on any atom is -0.482 e. The Morgan fingerprint density at radius 1 is 1.45 bits per heavy atom. The van der Waals surface area contributed by atoms with E-state index < -0.39 is 30.9 Å². The predicted octanol–water partition coefficient (Wildman–Crippen LogP) is 3.38. The molecule has 0 fully saturated rings. The van der Waals surface area contributed by atoms with E-state index in [4.69, 9.17) is 5.26 Å². The van der Waals surface area contributed by atoms with Crippen molar-refractivity contribution < 1.29 is 27.1 Å². The minimum atomic E-state index is -4.57. The van der Waals surface area contributed by atoms with Crippen molar-refractivity contribution in [3.05, 3.63) is 22.4 Å². The minimum absolute atomic E-state index is 0.118. The number of hydrogen-bond acceptors (Lipinski definition) is 3. The lowest BCUT2D eigenvalue weighted by atomic mass is 10.2. The second-order valence-electron chi connectivity index (χ2n) is 3.55. The van der Waals surface area contributed by atoms with Crippen LogP contribution in [0.5, 0.6) is 5.75 Å². The molecule has 0 saturated carbocycles. The fraction of sp³-hybridized carbons (Fsp3) is 0.273. The van der Waals surface area contributed by atoms with Gasteiger partial charge in [0, 0.05) is 6.07 Å². The van der Waals surface area contributed by atoms with Crippen molar-refractivity contribution in [1.82, 2.24) is 0 Å². The Morgan fingerprint density at radius 2 is 2.10 bits per heavy atom. The fourth-order valence-corrected chi connectivity index (χ4v) is 1.49. The summed E-state index contributed by atoms with van der Waals surface area (Å²) in [6.07, 6.45) is -5.09. The Balaban J connectivity index is 2.99. The molecule has 1 aromatic carbocycles. The molecule has 0 radical (unpaired) electrons. The van der Waals surface area contributed by atoms with E-state index in [9.17, 15) is 22.4 Å². The average molecular weight is 355 g/mol. The number of benzene rings is 1. The third-order valence-corrected chi connectivity index (χ3v) is 2.54. The van der Waals surface area contributed by atoms with Crippen LogP contribution in [0.4, 0.5) is 23.2 Å². The zero-order valence-corrected chi connectivity index (χ0v) is 11.3. The van der Waals surface area contributed by atoms with E-state index in [0.717, 1.165) is 12.1 Å². The first-order valence-electron chi connectivity index (χ1n) is 5.08. The van der Waals surface area contributed by atoms with Gasteiger partial charge in [0.25, 0.3) is 0 Å². The highest BCUT2D eigenvalue weighted by molar-refractivity contribution is 9.10. The van der Waals surface area contributed by atoms with E-state index in [-0.39, 0.29) is 15.9 Å². The monoisotopic (exact) mass is 354 g/mol. The van der Waals surface area contributed by atoms with Gasteiger partial charge in [-0.15, -0.1) is 0 Å². The van der Waals surface area contributed by atoms with Crippen molar-refractivity contribution in [2.75, 3.05) is 11.9 Å². The smallest absolute Gasteiger partial charge is 0.422 e. The van der Waals surface area contributed by atoms with E-state index in [1.54, 1.807) is 6.07 Å². The van der Waals surface area contributed by atoms with Crippen LogP contribution in [0.3, 0.4) is 0 Å². The topological polar surface area (TPSA) is 62.1 Å². The summed E-state index contributed by atoms with van der Waals surface area (Å²) in [6.45, 7) is -1.59. The first-order valence-corrected chi connectivity index (χ1v) is 5.87. The summed E-state index contributed by atoms with van der Waals surface area (Å²) in [7, 11) is 0. The Labute approximate surface area is 119 Å². The van der Waals surface area contributed by atoms with Gasteiger partial charge in [0.1, 0.15) is 18.0 Å². The molecule has 0 bridgehead atoms. The Morgan fingerprint density at radius 3 is 2.65 bits per heavy atom. The number of carbonyl (C=O) groups excluding carboxylic acids is 1. The van der Waals surface area contributed by atoms with Crippen LogP contribution in [0.1, 0.15) is 6.42 Å². The lowest BCUT2D eigenvalue weighted by Crippen LogP contribution is -2.20. The summed E-state index contributed by atoms with van der Waals surface area (Å²) < 4.78 is 54.0. The molecule has 0 heterocycles. The van der Waals surface area contributed by atoms with Crippen molar-refractivity contribution in [1.29, 1.82) is 5.26 Å². The maximum absolute atomic E-state index is 13.3. The largest absolute Gasteiger partial charge is 0.482 e. The van der Waals surface area contributed by atoms with Gasteiger partial charge in [-0.1, -0.05) is 0 Å². The second-order valence-corrected chi connectivity index (χ2v) is 4.40. The number of carbonyl (C=O) groups is 1. The van der Waals surface area contributed by atoms with Crippen LogP contribution in [0.2, 0.25) is 0 Å². The van der Waals surface area contributed by atoms with Gasteiger partial charge < -0.3 is 10.1 Å². The summed E-state index contributed by atoms with van der Waals surface area (Å²) in [4.78, 5) is 11.2. The molecule has 108 valence electrons. The fourth-order valence-electron chi connectivity index (χ4n) is 1.17. The van der Waals surface area contributed by atoms with Crippen LogP contribution in [-0.4, -0.2) is 18.7 Å². The second kappa shape index (κ2) is 6.56. The third-order valence-electron chi connectivity index (χ3n) is 1.93. The maximum Gasteiger partial charge on any atom is 0.422 e. The van der Waals surface area contributed by atoms with E-state index in [1.165, 1.54) is 0 Å². The quantitative estimate of drug-likeness (QED) is 0.843. The molecule has 1 rings (SSSR count). The highest BCUT2D eigenvalue weighted by Gasteiger charge is 2.29. The van der Waals surface area contributed by atoms with Gasteiger partial charge in [0.2, 0.25) is 5.91 Å². The molecule has 9 heteroatoms. The summed E-state index contributed by atoms with van der Waals surface area (Å²) in [5.74, 6) is -1.94. The number of nitrogens with zero attached hydrogens (tertiary/aromatic N) is 1. The molecular formula is C11H7BrF4N2O2. The van der Waals surface area contributed by atoms with Crippen molar-refractivity contribution in [3.8, 4) is 11.8 Å². The van der Waals surface area contributed by atoms with E-state index in [1.807, 2.05) is 0 Å². The first-order chi connectivity index (χ1) is 9.23. The molecule has 0 aromatic heterocycles. The zero-order chi connectivity index (χ0) is 15.3. The van der Waals surface area contributed by atoms with Gasteiger partial charge in [-0.05, 0) is 22.0 Å². The molecule has 0 aliphatic carbocycles. The number of nitriles is 1. The summed E-state index contributed by atoms with van der Waals surface area (Å²) >= 11 is 2.80. The summed E-state index contributed by atoms with van der Waals surface area (Å²) in [5, 5.41) is 10.4. The Bertz CT molecular complexity index is 555. The lowest BCUT2D eigenvalue weighted by Gasteiger charge is -2.14. The van der Waals surface area contributed by atoms with Gasteiger partial charge >= 0.3 is 6.18 Å². The van der Waals surface area contributed by atoms with Gasteiger partial charge in [-0.3, -0.25) is 4.79 Å². The number of amides is 1. The van der Waals surface area contributed by atoms with Crippen molar-refractivity contribution >= 4 is 27.5 Å². The van der Waals surface area contributed by atoms with Gasteiger partial charge in [0.05, 0.1) is 16.2 Å². The molecular weight excluding hydrogens is 348 g/mol. The standard InChI is InChI=1S/C11H7BrF4N2O2/c12-6-3-9(20-5-11(14,15)16)8(4-7(6)13)18-10(19)1-2-17/h3-4H,1,5H2,(H,18,19). The molecule has 0 saturated heterocycles. The number of ether oxygens (including phenoxy) is 1. The van der Waals surface area contributed by atoms with Crippen LogP contribution >= 0.6 is 15.9 Å². The van der Waals surface area contributed by atoms with E-state index in [2.05, 4.69) is 26.0 Å². The van der Waals surface area contributed by atoms with E-state index >= 15 is 0 Å². The van der Waals surface area contributed by atoms with E-state index in [0.29, 0.717) is 0 Å². The number of hydrogen-bond donors (Lipinski definition) is 1. The Kier molecular flexibility index (Phi) is 5.33. The van der Waals surface area contributed by atoms with Crippen molar-refractivity contribution in [2.24, 2.45) is 0 Å². The number of halogens is 5. The molecule has 1 N–H and O–H groups in total. The SMILES string of the molecule is N#CCC(=O)Nc1cc(F)c(Br)cc1OCC(F)(F)F. The van der Waals surface area contributed by atoms with Gasteiger partial charge in [-0.25, -0.2) is 4.39 Å². The predicted molar refractivity (Wildman–Crippen MR) is 64.5 cm³/mol. The molecule has 1 amide bonds. The Hall–Kier alpha value is -1.82. The van der Waals surface area contributed by atoms with Gasteiger partial charge in [-0.2, -0.15) is 18.4 Å². The highest BCUT2D eigenvalue weighted by Crippen LogP contribution is 2.32. The molecule has 0 aliphatic heterocycles. The lowest BCUT2D eigenvalue weighted by molar-refractivity contribution is -0.153. The molecule has 20 heavy (non-hydrogen) atoms. The molecule has 0 atom stereocenters. The first kappa shape index (κ1) is 16.2. The number of rotatable bonds is 4. The normalized spacial score (nSPS) is 10.8. The molecule has 1 aromatic rings. The average Bonchev–Trinajstić information content (AvgIpc) is 2.31. The molecule has 0 spiro atoms. The number of nitrogens with one attached hydrogen (secondary N) is 1. The van der Waals surface area contributed by atoms with Crippen LogP contribution in [-0.2, 0) is 4.79 Å². The van der Waals surface area contributed by atoms with Crippen LogP contribution in [0, 0.1) is 17.1 Å². The molecule has 0 aliphatic rings.